The monoisotopic (exact) mass is 417 g/mol. The zero-order valence-electron chi connectivity index (χ0n) is 17.0. The summed E-state index contributed by atoms with van der Waals surface area (Å²) in [5.41, 5.74) is 3.35. The van der Waals surface area contributed by atoms with Crippen LogP contribution in [0, 0.1) is 0 Å². The Balaban J connectivity index is 2.11. The molecule has 2 rings (SSSR count). The minimum atomic E-state index is -3.21. The Morgan fingerprint density at radius 2 is 1.66 bits per heavy atom. The average Bonchev–Trinajstić information content (AvgIpc) is 2.76. The summed E-state index contributed by atoms with van der Waals surface area (Å²) in [4.78, 5) is 11.7. The third-order valence-electron chi connectivity index (χ3n) is 4.37. The van der Waals surface area contributed by atoms with Crippen molar-refractivity contribution in [1.82, 2.24) is 5.32 Å². The Morgan fingerprint density at radius 3 is 2.24 bits per heavy atom. The number of benzene rings is 2. The molecule has 0 amide bonds. The smallest absolute Gasteiger partial charge is 0.343 e. The minimum Gasteiger partial charge on any atom is -0.463 e. The molecule has 2 aromatic carbocycles. The first kappa shape index (κ1) is 23.0. The maximum Gasteiger partial charge on any atom is 0.343 e. The molecule has 0 aromatic heterocycles. The molecule has 0 aliphatic rings. The van der Waals surface area contributed by atoms with Gasteiger partial charge in [-0.25, -0.2) is 4.79 Å². The first-order valence-electron chi connectivity index (χ1n) is 9.43. The molecule has 0 heterocycles. The van der Waals surface area contributed by atoms with Crippen LogP contribution in [0.25, 0.3) is 11.1 Å². The number of esters is 1. The van der Waals surface area contributed by atoms with Crippen LogP contribution in [0.5, 0.6) is 0 Å². The molecule has 0 bridgehead atoms. The van der Waals surface area contributed by atoms with Gasteiger partial charge in [0, 0.05) is 26.3 Å². The van der Waals surface area contributed by atoms with Gasteiger partial charge in [0.25, 0.3) is 0 Å². The van der Waals surface area contributed by atoms with Crippen LogP contribution >= 0.6 is 7.60 Å². The van der Waals surface area contributed by atoms with Gasteiger partial charge in [-0.15, -0.1) is 0 Å². The number of carbonyl (C=O) groups is 1. The van der Waals surface area contributed by atoms with Crippen molar-refractivity contribution in [1.29, 1.82) is 0 Å². The van der Waals surface area contributed by atoms with Crippen molar-refractivity contribution in [2.75, 3.05) is 27.1 Å². The van der Waals surface area contributed by atoms with Gasteiger partial charge in [-0.2, -0.15) is 0 Å². The fourth-order valence-electron chi connectivity index (χ4n) is 2.74. The zero-order chi connectivity index (χ0) is 21.1. The number of hydrogen-bond donors (Lipinski definition) is 1. The molecule has 1 N–H and O–H groups in total. The summed E-state index contributed by atoms with van der Waals surface area (Å²) < 4.78 is 27.2. The fraction of sp³-hybridized carbons (Fsp3) is 0.318. The number of ether oxygens (including phenoxy) is 1. The van der Waals surface area contributed by atoms with Crippen LogP contribution in [0.2, 0.25) is 0 Å². The number of nitrogens with one attached hydrogen (secondary N) is 1. The maximum atomic E-state index is 12.3. The highest BCUT2D eigenvalue weighted by atomic mass is 31.2. The normalized spacial score (nSPS) is 12.8. The van der Waals surface area contributed by atoms with Gasteiger partial charge in [-0.1, -0.05) is 60.7 Å². The molecule has 0 unspecified atom stereocenters. The molecular weight excluding hydrogens is 389 g/mol. The molecule has 0 saturated heterocycles. The van der Waals surface area contributed by atoms with Crippen LogP contribution in [0.3, 0.4) is 0 Å². The predicted octanol–water partition coefficient (Wildman–Crippen LogP) is 4.42. The van der Waals surface area contributed by atoms with Crippen molar-refractivity contribution in [2.45, 2.75) is 19.4 Å². The Labute approximate surface area is 172 Å². The Kier molecular flexibility index (Phi) is 9.29. The molecule has 156 valence electrons. The molecule has 0 saturated carbocycles. The van der Waals surface area contributed by atoms with E-state index in [1.807, 2.05) is 30.3 Å². The van der Waals surface area contributed by atoms with E-state index in [0.29, 0.717) is 13.0 Å². The van der Waals surface area contributed by atoms with Gasteiger partial charge >= 0.3 is 13.6 Å². The standard InChI is InChI=1S/C22H28NO5P/c1-4-28-22(24)15-14-21(23-17-29(25,26-2)27-3)16-18-10-12-20(13-11-18)19-8-6-5-7-9-19/h5-15,21,23H,4,16-17H2,1-3H3/t21-/m1/s1. The predicted molar refractivity (Wildman–Crippen MR) is 115 cm³/mol. The first-order chi connectivity index (χ1) is 14.0. The second kappa shape index (κ2) is 11.7. The molecule has 0 aliphatic carbocycles. The summed E-state index contributed by atoms with van der Waals surface area (Å²) in [6.07, 6.45) is 3.71. The van der Waals surface area contributed by atoms with Crippen LogP contribution in [-0.4, -0.2) is 39.1 Å². The first-order valence-corrected chi connectivity index (χ1v) is 11.2. The third-order valence-corrected chi connectivity index (χ3v) is 6.05. The van der Waals surface area contributed by atoms with E-state index >= 15 is 0 Å². The summed E-state index contributed by atoms with van der Waals surface area (Å²) in [6.45, 7) is 2.06. The van der Waals surface area contributed by atoms with E-state index in [-0.39, 0.29) is 12.3 Å². The zero-order valence-corrected chi connectivity index (χ0v) is 17.9. The molecule has 1 atom stereocenters. The highest BCUT2D eigenvalue weighted by Gasteiger charge is 2.22. The second-order valence-electron chi connectivity index (χ2n) is 6.32. The molecular formula is C22H28NO5P. The van der Waals surface area contributed by atoms with E-state index in [4.69, 9.17) is 13.8 Å². The Hall–Kier alpha value is -2.24. The lowest BCUT2D eigenvalue weighted by Crippen LogP contribution is -2.31. The van der Waals surface area contributed by atoms with Crippen LogP contribution in [0.1, 0.15) is 12.5 Å². The SMILES string of the molecule is CCOC(=O)C=C[C@H](Cc1ccc(-c2ccccc2)cc1)NCP(=O)(OC)OC. The number of rotatable bonds is 11. The molecule has 0 radical (unpaired) electrons. The van der Waals surface area contributed by atoms with Crippen LogP contribution in [0.15, 0.2) is 66.7 Å². The van der Waals surface area contributed by atoms with E-state index in [1.165, 1.54) is 20.3 Å². The summed E-state index contributed by atoms with van der Waals surface area (Å²) in [5.74, 6) is -0.416. The van der Waals surface area contributed by atoms with Gasteiger partial charge in [0.1, 0.15) is 0 Å². The third kappa shape index (κ3) is 7.59. The number of carbonyl (C=O) groups excluding carboxylic acids is 1. The van der Waals surface area contributed by atoms with Gasteiger partial charge in [-0.3, -0.25) is 9.88 Å². The quantitative estimate of drug-likeness (QED) is 0.332. The Morgan fingerprint density at radius 1 is 1.03 bits per heavy atom. The highest BCUT2D eigenvalue weighted by Crippen LogP contribution is 2.44. The topological polar surface area (TPSA) is 73.9 Å². The van der Waals surface area contributed by atoms with Crippen LogP contribution < -0.4 is 5.32 Å². The van der Waals surface area contributed by atoms with Gasteiger partial charge < -0.3 is 13.8 Å². The van der Waals surface area contributed by atoms with Gasteiger partial charge in [-0.05, 0) is 30.0 Å². The summed E-state index contributed by atoms with van der Waals surface area (Å²) >= 11 is 0. The lowest BCUT2D eigenvalue weighted by molar-refractivity contribution is -0.137. The molecule has 29 heavy (non-hydrogen) atoms. The molecule has 7 heteroatoms. The summed E-state index contributed by atoms with van der Waals surface area (Å²) in [7, 11) is -0.519. The van der Waals surface area contributed by atoms with Crippen LogP contribution in [0.4, 0.5) is 0 Å². The lowest BCUT2D eigenvalue weighted by Gasteiger charge is -2.19. The van der Waals surface area contributed by atoms with E-state index in [2.05, 4.69) is 29.6 Å². The molecule has 2 aromatic rings. The molecule has 6 nitrogen and oxygen atoms in total. The van der Waals surface area contributed by atoms with Crippen molar-refractivity contribution in [2.24, 2.45) is 0 Å². The Bertz CT molecular complexity index is 828. The van der Waals surface area contributed by atoms with Crippen molar-refractivity contribution in [3.8, 4) is 11.1 Å². The van der Waals surface area contributed by atoms with Gasteiger partial charge in [0.2, 0.25) is 0 Å². The van der Waals surface area contributed by atoms with Crippen LogP contribution in [-0.2, 0) is 29.6 Å². The molecule has 0 aliphatic heterocycles. The van der Waals surface area contributed by atoms with Crippen molar-refractivity contribution in [3.63, 3.8) is 0 Å². The van der Waals surface area contributed by atoms with Crippen molar-refractivity contribution < 1.29 is 23.1 Å². The van der Waals surface area contributed by atoms with E-state index in [9.17, 15) is 9.36 Å². The summed E-state index contributed by atoms with van der Waals surface area (Å²) in [5, 5.41) is 3.15. The van der Waals surface area contributed by atoms with Crippen molar-refractivity contribution >= 4 is 13.6 Å². The van der Waals surface area contributed by atoms with Crippen molar-refractivity contribution in [3.05, 3.63) is 72.3 Å². The van der Waals surface area contributed by atoms with E-state index in [1.54, 1.807) is 13.0 Å². The molecule has 0 fully saturated rings. The van der Waals surface area contributed by atoms with E-state index in [0.717, 1.165) is 16.7 Å². The second-order valence-corrected chi connectivity index (χ2v) is 8.59. The molecule has 0 spiro atoms. The lowest BCUT2D eigenvalue weighted by atomic mass is 10.0. The average molecular weight is 417 g/mol. The van der Waals surface area contributed by atoms with E-state index < -0.39 is 13.6 Å². The fourth-order valence-corrected chi connectivity index (χ4v) is 3.61. The maximum absolute atomic E-state index is 12.3. The van der Waals surface area contributed by atoms with Gasteiger partial charge in [0.05, 0.1) is 12.9 Å². The largest absolute Gasteiger partial charge is 0.463 e. The summed E-state index contributed by atoms with van der Waals surface area (Å²) in [6, 6.07) is 18.1. The minimum absolute atomic E-state index is 0.0277. The van der Waals surface area contributed by atoms with Gasteiger partial charge in [0.15, 0.2) is 0 Å². The highest BCUT2D eigenvalue weighted by molar-refractivity contribution is 7.53. The number of hydrogen-bond acceptors (Lipinski definition) is 6.